The van der Waals surface area contributed by atoms with Crippen LogP contribution in [0.4, 0.5) is 4.79 Å². The van der Waals surface area contributed by atoms with Crippen molar-refractivity contribution >= 4 is 12.0 Å². The fourth-order valence-corrected chi connectivity index (χ4v) is 5.00. The second-order valence-electron chi connectivity index (χ2n) is 11.8. The molecule has 1 fully saturated rings. The molecule has 51 heavy (non-hydrogen) atoms. The average molecular weight is 708 g/mol. The summed E-state index contributed by atoms with van der Waals surface area (Å²) in [6.07, 6.45) is 30.9. The molecule has 2 rings (SSSR count). The van der Waals surface area contributed by atoms with Crippen LogP contribution in [0, 0.1) is 6.92 Å². The van der Waals surface area contributed by atoms with E-state index in [-0.39, 0.29) is 45.2 Å². The van der Waals surface area contributed by atoms with E-state index >= 15 is 0 Å². The van der Waals surface area contributed by atoms with Gasteiger partial charge in [-0.25, -0.2) is 9.59 Å². The Morgan fingerprint density at radius 1 is 1.02 bits per heavy atom. The van der Waals surface area contributed by atoms with Gasteiger partial charge < -0.3 is 24.8 Å². The van der Waals surface area contributed by atoms with E-state index in [0.29, 0.717) is 18.4 Å². The second-order valence-corrected chi connectivity index (χ2v) is 11.8. The molecule has 1 saturated heterocycles. The molecule has 0 aromatic carbocycles. The number of carboxylic acid groups (broad SMARTS) is 1. The fraction of sp³-hybridized carbons (Fsp3) is 0.514. The lowest BCUT2D eigenvalue weighted by Gasteiger charge is -2.24. The lowest BCUT2D eigenvalue weighted by molar-refractivity contribution is -0.121. The Labute approximate surface area is 299 Å². The molecule has 14 nitrogen and oxygen atoms in total. The second kappa shape index (κ2) is 26.0. The van der Waals surface area contributed by atoms with Crippen LogP contribution in [0.15, 0.2) is 93.8 Å². The number of aromatic nitrogens is 2. The van der Waals surface area contributed by atoms with Crippen molar-refractivity contribution in [3.63, 3.8) is 0 Å². The van der Waals surface area contributed by atoms with Crippen molar-refractivity contribution in [1.82, 2.24) is 19.8 Å². The zero-order chi connectivity index (χ0) is 37.1. The molecule has 1 aliphatic rings. The van der Waals surface area contributed by atoms with Crippen LogP contribution in [-0.4, -0.2) is 76.6 Å². The van der Waals surface area contributed by atoms with Crippen molar-refractivity contribution in [2.24, 2.45) is 5.11 Å². The number of hydrogen-bond acceptors (Lipinski definition) is 7. The Hall–Kier alpha value is -4.91. The van der Waals surface area contributed by atoms with Gasteiger partial charge in [0.2, 0.25) is 5.91 Å². The maximum absolute atomic E-state index is 12.3. The van der Waals surface area contributed by atoms with E-state index in [9.17, 15) is 24.3 Å². The molecular formula is C37H53N7O7. The van der Waals surface area contributed by atoms with E-state index in [1.807, 2.05) is 12.2 Å². The SMILES string of the molecule is CC/C=C\C/C=C\C/C=C\C/C=C\C/C=C\C/C=C\CCC(=O)NCCOCCN(C[C@@H]1O[C@H](n2cc(C)c(=O)[nH]c2=O)C[C@@H]1N=[N+]=[N-])C(=O)O. The predicted octanol–water partition coefficient (Wildman–Crippen LogP) is 6.40. The van der Waals surface area contributed by atoms with Gasteiger partial charge in [0, 0.05) is 42.6 Å². The van der Waals surface area contributed by atoms with E-state index in [1.165, 1.54) is 17.7 Å². The summed E-state index contributed by atoms with van der Waals surface area (Å²) in [6.45, 7) is 4.13. The van der Waals surface area contributed by atoms with E-state index in [4.69, 9.17) is 15.0 Å². The van der Waals surface area contributed by atoms with Gasteiger partial charge in [-0.1, -0.05) is 85.0 Å². The lowest BCUT2D eigenvalue weighted by Crippen LogP contribution is -2.42. The number of hydrogen-bond donors (Lipinski definition) is 3. The Morgan fingerprint density at radius 3 is 2.18 bits per heavy atom. The van der Waals surface area contributed by atoms with Gasteiger partial charge in [-0.2, -0.15) is 0 Å². The van der Waals surface area contributed by atoms with E-state index in [1.54, 1.807) is 0 Å². The highest BCUT2D eigenvalue weighted by molar-refractivity contribution is 5.75. The number of rotatable bonds is 24. The van der Waals surface area contributed by atoms with Crippen LogP contribution in [0.3, 0.4) is 0 Å². The Balaban J connectivity index is 1.57. The maximum Gasteiger partial charge on any atom is 0.407 e. The number of nitrogens with zero attached hydrogens (tertiary/aromatic N) is 5. The van der Waals surface area contributed by atoms with Crippen LogP contribution in [-0.2, 0) is 14.3 Å². The number of allylic oxidation sites excluding steroid dienone is 12. The first kappa shape index (κ1) is 42.3. The molecule has 1 aliphatic heterocycles. The molecule has 0 aliphatic carbocycles. The van der Waals surface area contributed by atoms with Crippen LogP contribution in [0.1, 0.15) is 76.5 Å². The molecule has 0 bridgehead atoms. The first-order valence-corrected chi connectivity index (χ1v) is 17.5. The summed E-state index contributed by atoms with van der Waals surface area (Å²) >= 11 is 0. The zero-order valence-corrected chi connectivity index (χ0v) is 29.8. The van der Waals surface area contributed by atoms with Crippen molar-refractivity contribution in [2.45, 2.75) is 90.0 Å². The summed E-state index contributed by atoms with van der Waals surface area (Å²) in [6, 6.07) is -0.731. The maximum atomic E-state index is 12.3. The van der Waals surface area contributed by atoms with Crippen LogP contribution < -0.4 is 16.6 Å². The van der Waals surface area contributed by atoms with Gasteiger partial charge in [-0.3, -0.25) is 19.1 Å². The van der Waals surface area contributed by atoms with Crippen LogP contribution >= 0.6 is 0 Å². The summed E-state index contributed by atoms with van der Waals surface area (Å²) in [5.41, 5.74) is 8.10. The smallest absolute Gasteiger partial charge is 0.407 e. The van der Waals surface area contributed by atoms with Gasteiger partial charge >= 0.3 is 11.8 Å². The highest BCUT2D eigenvalue weighted by atomic mass is 16.5. The minimum atomic E-state index is -1.22. The fourth-order valence-electron chi connectivity index (χ4n) is 5.00. The molecule has 278 valence electrons. The molecule has 3 N–H and O–H groups in total. The summed E-state index contributed by atoms with van der Waals surface area (Å²) < 4.78 is 12.6. The lowest BCUT2D eigenvalue weighted by atomic mass is 10.1. The van der Waals surface area contributed by atoms with Crippen LogP contribution in [0.2, 0.25) is 0 Å². The molecule has 0 spiro atoms. The first-order chi connectivity index (χ1) is 24.8. The quantitative estimate of drug-likeness (QED) is 0.0364. The van der Waals surface area contributed by atoms with Gasteiger partial charge in [0.05, 0.1) is 31.9 Å². The van der Waals surface area contributed by atoms with Crippen molar-refractivity contribution in [1.29, 1.82) is 0 Å². The van der Waals surface area contributed by atoms with Gasteiger partial charge in [0.25, 0.3) is 5.56 Å². The number of aryl methyl sites for hydroxylation is 1. The van der Waals surface area contributed by atoms with Gasteiger partial charge in [-0.15, -0.1) is 0 Å². The Morgan fingerprint density at radius 2 is 1.61 bits per heavy atom. The standard InChI is InChI=1S/C37H53N7O7/c1-3-4-5-6-7-8-9-10-11-12-13-14-15-16-17-18-19-20-21-22-33(45)39-23-25-50-26-24-43(37(48)49)29-32-31(41-42-38)27-34(51-32)44-28-30(2)35(46)40-36(44)47/h4-5,7-8,10-11,13-14,16-17,19-20,28,31-32,34H,3,6,9,12,15,18,21-27,29H2,1-2H3,(H,39,45)(H,48,49)(H,40,46,47)/b5-4-,8-7-,11-10-,14-13-,17-16-,20-19-/t31-,32-,34-/m0/s1. The number of azide groups is 1. The average Bonchev–Trinajstić information content (AvgIpc) is 3.50. The molecule has 3 atom stereocenters. The highest BCUT2D eigenvalue weighted by Crippen LogP contribution is 2.30. The molecule has 1 aromatic heterocycles. The third-order valence-corrected chi connectivity index (χ3v) is 7.74. The molecule has 1 aromatic rings. The first-order valence-electron chi connectivity index (χ1n) is 17.5. The molecule has 2 amide bonds. The normalized spacial score (nSPS) is 17.9. The predicted molar refractivity (Wildman–Crippen MR) is 198 cm³/mol. The number of aromatic amines is 1. The summed E-state index contributed by atoms with van der Waals surface area (Å²) in [5.74, 6) is -0.0980. The van der Waals surface area contributed by atoms with Crippen molar-refractivity contribution in [2.75, 3.05) is 32.8 Å². The summed E-state index contributed by atoms with van der Waals surface area (Å²) in [7, 11) is 0. The van der Waals surface area contributed by atoms with Crippen molar-refractivity contribution < 1.29 is 24.2 Å². The monoisotopic (exact) mass is 707 g/mol. The number of carbonyl (C=O) groups excluding carboxylic acids is 1. The topological polar surface area (TPSA) is 192 Å². The number of nitrogens with one attached hydrogen (secondary N) is 2. The number of H-pyrrole nitrogens is 1. The minimum Gasteiger partial charge on any atom is -0.465 e. The van der Waals surface area contributed by atoms with Gasteiger partial charge in [0.15, 0.2) is 0 Å². The number of carbonyl (C=O) groups is 2. The number of ether oxygens (including phenoxy) is 2. The van der Waals surface area contributed by atoms with Crippen LogP contribution in [0.5, 0.6) is 0 Å². The molecule has 0 saturated carbocycles. The van der Waals surface area contributed by atoms with E-state index in [2.05, 4.69) is 88.0 Å². The zero-order valence-electron chi connectivity index (χ0n) is 29.8. The molecule has 0 radical (unpaired) electrons. The minimum absolute atomic E-state index is 0.0111. The number of amides is 2. The highest BCUT2D eigenvalue weighted by Gasteiger charge is 2.38. The van der Waals surface area contributed by atoms with Gasteiger partial charge in [0.1, 0.15) is 6.23 Å². The summed E-state index contributed by atoms with van der Waals surface area (Å²) in [5, 5.41) is 16.2. The largest absolute Gasteiger partial charge is 0.465 e. The van der Waals surface area contributed by atoms with Crippen LogP contribution in [0.25, 0.3) is 10.4 Å². The van der Waals surface area contributed by atoms with Crippen molar-refractivity contribution in [3.8, 4) is 0 Å². The third kappa shape index (κ3) is 18.1. The molecule has 2 heterocycles. The molecule has 14 heteroatoms. The van der Waals surface area contributed by atoms with E-state index < -0.39 is 35.7 Å². The van der Waals surface area contributed by atoms with E-state index in [0.717, 1.165) is 43.4 Å². The Kier molecular flexibility index (Phi) is 21.5. The van der Waals surface area contributed by atoms with Gasteiger partial charge in [-0.05, 0) is 57.4 Å². The summed E-state index contributed by atoms with van der Waals surface area (Å²) in [4.78, 5) is 54.2. The van der Waals surface area contributed by atoms with Crippen molar-refractivity contribution in [3.05, 3.63) is 116 Å². The Bertz CT molecular complexity index is 1550. The third-order valence-electron chi connectivity index (χ3n) is 7.74. The molecule has 0 unspecified atom stereocenters. The molecular weight excluding hydrogens is 654 g/mol.